The molecule has 0 aliphatic heterocycles. The Balaban J connectivity index is 2.20. The minimum Gasteiger partial charge on any atom is -0.479 e. The van der Waals surface area contributed by atoms with Crippen LogP contribution in [-0.4, -0.2) is 19.7 Å². The minimum atomic E-state index is -0.495. The lowest BCUT2D eigenvalue weighted by atomic mass is 10.2. The summed E-state index contributed by atoms with van der Waals surface area (Å²) >= 11 is 0. The molecule has 2 rings (SSSR count). The fraction of sp³-hybridized carbons (Fsp3) is 0.273. The van der Waals surface area contributed by atoms with Gasteiger partial charge in [0.05, 0.1) is 4.92 Å². The van der Waals surface area contributed by atoms with E-state index in [1.807, 2.05) is 0 Å². The Kier molecular flexibility index (Phi) is 3.71. The monoisotopic (exact) mass is 263 g/mol. The van der Waals surface area contributed by atoms with Gasteiger partial charge in [0.1, 0.15) is 12.9 Å². The van der Waals surface area contributed by atoms with Gasteiger partial charge in [-0.1, -0.05) is 6.07 Å². The van der Waals surface area contributed by atoms with Crippen molar-refractivity contribution in [2.24, 2.45) is 12.8 Å². The van der Waals surface area contributed by atoms with Crippen LogP contribution in [0.3, 0.4) is 0 Å². The van der Waals surface area contributed by atoms with Crippen LogP contribution in [0.2, 0.25) is 0 Å². The lowest BCUT2D eigenvalue weighted by Gasteiger charge is -2.07. The van der Waals surface area contributed by atoms with E-state index in [9.17, 15) is 10.1 Å². The van der Waals surface area contributed by atoms with Crippen molar-refractivity contribution in [3.63, 3.8) is 0 Å². The fourth-order valence-electron chi connectivity index (χ4n) is 1.53. The third-order valence-electron chi connectivity index (χ3n) is 2.62. The fourth-order valence-corrected chi connectivity index (χ4v) is 1.53. The van der Waals surface area contributed by atoms with E-state index < -0.39 is 4.92 Å². The number of aryl methyl sites for hydroxylation is 1. The number of nitro benzene ring substituents is 1. The van der Waals surface area contributed by atoms with Gasteiger partial charge in [0, 0.05) is 19.7 Å². The van der Waals surface area contributed by atoms with Crippen LogP contribution in [0.15, 0.2) is 24.5 Å². The molecule has 8 heteroatoms. The lowest BCUT2D eigenvalue weighted by Crippen LogP contribution is -2.05. The highest BCUT2D eigenvalue weighted by Crippen LogP contribution is 2.28. The number of nitro groups is 1. The highest BCUT2D eigenvalue weighted by atomic mass is 16.6. The molecule has 0 atom stereocenters. The minimum absolute atomic E-state index is 0.106. The van der Waals surface area contributed by atoms with E-state index in [0.717, 1.165) is 0 Å². The third kappa shape index (κ3) is 2.86. The SMILES string of the molecule is Cn1cnnc1COc1ccc(CN)cc1[N+](=O)[O-]. The van der Waals surface area contributed by atoms with Crippen LogP contribution in [0.25, 0.3) is 0 Å². The van der Waals surface area contributed by atoms with Gasteiger partial charge in [0.2, 0.25) is 0 Å². The highest BCUT2D eigenvalue weighted by molar-refractivity contribution is 5.48. The number of nitrogens with zero attached hydrogens (tertiary/aromatic N) is 4. The van der Waals surface area contributed by atoms with Crippen LogP contribution in [0.4, 0.5) is 5.69 Å². The molecule has 8 nitrogen and oxygen atoms in total. The standard InChI is InChI=1S/C11H13N5O3/c1-15-7-13-14-11(15)6-19-10-3-2-8(5-12)4-9(10)16(17)18/h2-4,7H,5-6,12H2,1H3. The van der Waals surface area contributed by atoms with Crippen LogP contribution in [0, 0.1) is 10.1 Å². The zero-order valence-electron chi connectivity index (χ0n) is 10.3. The zero-order valence-corrected chi connectivity index (χ0v) is 10.3. The molecule has 2 aromatic rings. The maximum atomic E-state index is 11.0. The van der Waals surface area contributed by atoms with Crippen molar-refractivity contribution in [3.05, 3.63) is 46.0 Å². The van der Waals surface area contributed by atoms with Gasteiger partial charge in [0.25, 0.3) is 0 Å². The van der Waals surface area contributed by atoms with Crippen molar-refractivity contribution in [1.29, 1.82) is 0 Å². The second-order valence-electron chi connectivity index (χ2n) is 3.91. The Morgan fingerprint density at radius 1 is 1.53 bits per heavy atom. The Labute approximate surface area is 109 Å². The van der Waals surface area contributed by atoms with E-state index in [1.54, 1.807) is 17.7 Å². The molecule has 0 bridgehead atoms. The van der Waals surface area contributed by atoms with Crippen molar-refractivity contribution in [1.82, 2.24) is 14.8 Å². The van der Waals surface area contributed by atoms with Crippen LogP contribution in [0.1, 0.15) is 11.4 Å². The highest BCUT2D eigenvalue weighted by Gasteiger charge is 2.16. The van der Waals surface area contributed by atoms with Gasteiger partial charge >= 0.3 is 5.69 Å². The summed E-state index contributed by atoms with van der Waals surface area (Å²) in [7, 11) is 1.77. The summed E-state index contributed by atoms with van der Waals surface area (Å²) in [4.78, 5) is 10.5. The van der Waals surface area contributed by atoms with Gasteiger partial charge in [-0.2, -0.15) is 0 Å². The van der Waals surface area contributed by atoms with Crippen molar-refractivity contribution < 1.29 is 9.66 Å². The maximum absolute atomic E-state index is 11.0. The first-order chi connectivity index (χ1) is 9.11. The Bertz CT molecular complexity index is 596. The van der Waals surface area contributed by atoms with Gasteiger partial charge in [-0.05, 0) is 11.6 Å². The average molecular weight is 263 g/mol. The smallest absolute Gasteiger partial charge is 0.311 e. The van der Waals surface area contributed by atoms with E-state index in [0.29, 0.717) is 11.4 Å². The van der Waals surface area contributed by atoms with Crippen molar-refractivity contribution >= 4 is 5.69 Å². The summed E-state index contributed by atoms with van der Waals surface area (Å²) in [5.41, 5.74) is 6.03. The van der Waals surface area contributed by atoms with Gasteiger partial charge in [0.15, 0.2) is 11.6 Å². The molecule has 0 spiro atoms. The average Bonchev–Trinajstić information content (AvgIpc) is 2.81. The van der Waals surface area contributed by atoms with Gasteiger partial charge < -0.3 is 15.0 Å². The lowest BCUT2D eigenvalue weighted by molar-refractivity contribution is -0.386. The number of aromatic nitrogens is 3. The molecular weight excluding hydrogens is 250 g/mol. The van der Waals surface area contributed by atoms with Crippen molar-refractivity contribution in [3.8, 4) is 5.75 Å². The van der Waals surface area contributed by atoms with Crippen LogP contribution >= 0.6 is 0 Å². The molecule has 0 aliphatic rings. The molecule has 0 amide bonds. The van der Waals surface area contributed by atoms with E-state index in [4.69, 9.17) is 10.5 Å². The summed E-state index contributed by atoms with van der Waals surface area (Å²) in [5, 5.41) is 18.5. The molecule has 0 aliphatic carbocycles. The van der Waals surface area contributed by atoms with Gasteiger partial charge in [-0.15, -0.1) is 10.2 Å². The Morgan fingerprint density at radius 2 is 2.32 bits per heavy atom. The van der Waals surface area contributed by atoms with E-state index in [1.165, 1.54) is 18.5 Å². The first-order valence-electron chi connectivity index (χ1n) is 5.55. The van der Waals surface area contributed by atoms with Crippen LogP contribution in [0.5, 0.6) is 5.75 Å². The number of hydrogen-bond donors (Lipinski definition) is 1. The first-order valence-corrected chi connectivity index (χ1v) is 5.55. The Morgan fingerprint density at radius 3 is 2.89 bits per heavy atom. The molecule has 0 radical (unpaired) electrons. The molecule has 100 valence electrons. The number of rotatable bonds is 5. The molecule has 1 aromatic carbocycles. The molecule has 19 heavy (non-hydrogen) atoms. The second kappa shape index (κ2) is 5.44. The number of benzene rings is 1. The molecule has 0 saturated heterocycles. The molecule has 0 fully saturated rings. The summed E-state index contributed by atoms with van der Waals surface area (Å²) in [5.74, 6) is 0.766. The summed E-state index contributed by atoms with van der Waals surface area (Å²) in [6.07, 6.45) is 1.53. The maximum Gasteiger partial charge on any atom is 0.311 e. The second-order valence-corrected chi connectivity index (χ2v) is 3.91. The first kappa shape index (κ1) is 13.0. The van der Waals surface area contributed by atoms with E-state index in [2.05, 4.69) is 10.2 Å². The molecule has 0 saturated carbocycles. The predicted octanol–water partition coefficient (Wildman–Crippen LogP) is 0.761. The largest absolute Gasteiger partial charge is 0.479 e. The molecule has 2 N–H and O–H groups in total. The van der Waals surface area contributed by atoms with E-state index >= 15 is 0 Å². The predicted molar refractivity (Wildman–Crippen MR) is 66.3 cm³/mol. The van der Waals surface area contributed by atoms with E-state index in [-0.39, 0.29) is 24.6 Å². The quantitative estimate of drug-likeness (QED) is 0.630. The zero-order chi connectivity index (χ0) is 13.8. The number of nitrogens with two attached hydrogens (primary N) is 1. The number of hydrogen-bond acceptors (Lipinski definition) is 6. The van der Waals surface area contributed by atoms with Gasteiger partial charge in [-0.25, -0.2) is 0 Å². The molecule has 1 heterocycles. The third-order valence-corrected chi connectivity index (χ3v) is 2.62. The summed E-state index contributed by atoms with van der Waals surface area (Å²) in [6.45, 7) is 0.351. The summed E-state index contributed by atoms with van der Waals surface area (Å²) in [6, 6.07) is 4.64. The molecule has 1 aromatic heterocycles. The normalized spacial score (nSPS) is 10.4. The van der Waals surface area contributed by atoms with Crippen LogP contribution in [-0.2, 0) is 20.2 Å². The molecular formula is C11H13N5O3. The summed E-state index contributed by atoms with van der Waals surface area (Å²) < 4.78 is 7.10. The van der Waals surface area contributed by atoms with Crippen LogP contribution < -0.4 is 10.5 Å². The van der Waals surface area contributed by atoms with Gasteiger partial charge in [-0.3, -0.25) is 10.1 Å². The number of ether oxygens (including phenoxy) is 1. The Hall–Kier alpha value is -2.48. The topological polar surface area (TPSA) is 109 Å². The van der Waals surface area contributed by atoms with Crippen molar-refractivity contribution in [2.45, 2.75) is 13.2 Å². The van der Waals surface area contributed by atoms with Crippen molar-refractivity contribution in [2.75, 3.05) is 0 Å². The molecule has 0 unspecified atom stereocenters.